The molecule has 4 fully saturated rings. The van der Waals surface area contributed by atoms with E-state index in [4.69, 9.17) is 4.74 Å². The second-order valence-electron chi connectivity index (χ2n) is 7.71. The second kappa shape index (κ2) is 4.82. The Bertz CT molecular complexity index is 498. The van der Waals surface area contributed by atoms with E-state index in [-0.39, 0.29) is 11.3 Å². The van der Waals surface area contributed by atoms with Crippen LogP contribution >= 0.6 is 0 Å². The molecule has 21 heavy (non-hydrogen) atoms. The maximum absolute atomic E-state index is 6.81. The average molecular weight is 285 g/mol. The highest BCUT2D eigenvalue weighted by Gasteiger charge is 2.59. The molecule has 2 aliphatic heterocycles. The van der Waals surface area contributed by atoms with E-state index in [0.717, 1.165) is 18.4 Å². The number of hydrogen-bond donors (Lipinski definition) is 0. The first-order chi connectivity index (χ1) is 10.1. The van der Waals surface area contributed by atoms with Crippen molar-refractivity contribution in [1.82, 2.24) is 4.90 Å². The van der Waals surface area contributed by atoms with Crippen LogP contribution in [0.1, 0.15) is 51.0 Å². The summed E-state index contributed by atoms with van der Waals surface area (Å²) in [4.78, 5) is 2.50. The third-order valence-corrected chi connectivity index (χ3v) is 6.21. The minimum atomic E-state index is 0.00986. The molecule has 0 radical (unpaired) electrons. The molecule has 114 valence electrons. The molecule has 0 aromatic heterocycles. The maximum atomic E-state index is 6.81. The highest BCUT2D eigenvalue weighted by molar-refractivity contribution is 5.15. The summed E-state index contributed by atoms with van der Waals surface area (Å²) in [6.45, 7) is 3.32. The van der Waals surface area contributed by atoms with Crippen LogP contribution in [0.15, 0.2) is 30.3 Å². The lowest BCUT2D eigenvalue weighted by molar-refractivity contribution is -0.324. The van der Waals surface area contributed by atoms with Crippen LogP contribution in [0.5, 0.6) is 0 Å². The summed E-state index contributed by atoms with van der Waals surface area (Å²) >= 11 is 0. The summed E-state index contributed by atoms with van der Waals surface area (Å²) < 4.78 is 6.81. The van der Waals surface area contributed by atoms with Crippen LogP contribution in [-0.4, -0.2) is 23.3 Å². The van der Waals surface area contributed by atoms with Crippen LogP contribution in [0.3, 0.4) is 0 Å². The number of rotatable bonds is 4. The molecule has 2 saturated heterocycles. The zero-order valence-electron chi connectivity index (χ0n) is 13.3. The van der Waals surface area contributed by atoms with Crippen LogP contribution in [0.25, 0.3) is 0 Å². The van der Waals surface area contributed by atoms with Gasteiger partial charge in [0.05, 0.1) is 5.60 Å². The number of hydrogen-bond acceptors (Lipinski definition) is 2. The predicted molar refractivity (Wildman–Crippen MR) is 84.8 cm³/mol. The monoisotopic (exact) mass is 285 g/mol. The zero-order valence-corrected chi connectivity index (χ0v) is 13.3. The SMILES string of the molecule is CC[C@]12C[C@H]3C[C@@H](C1)C[C@@](N(C)Cc1ccccc1)(C3)O2. The first-order valence-electron chi connectivity index (χ1n) is 8.58. The highest BCUT2D eigenvalue weighted by Crippen LogP contribution is 2.59. The van der Waals surface area contributed by atoms with Gasteiger partial charge in [0.25, 0.3) is 0 Å². The van der Waals surface area contributed by atoms with Gasteiger partial charge in [-0.15, -0.1) is 0 Å². The minimum absolute atomic E-state index is 0.00986. The third kappa shape index (κ3) is 2.24. The van der Waals surface area contributed by atoms with Gasteiger partial charge >= 0.3 is 0 Å². The summed E-state index contributed by atoms with van der Waals surface area (Å²) in [5.41, 5.74) is 1.59. The van der Waals surface area contributed by atoms with Crippen LogP contribution in [-0.2, 0) is 11.3 Å². The van der Waals surface area contributed by atoms with Crippen molar-refractivity contribution in [3.05, 3.63) is 35.9 Å². The fourth-order valence-electron chi connectivity index (χ4n) is 5.39. The molecule has 4 atom stereocenters. The Kier molecular flexibility index (Phi) is 3.16. The Morgan fingerprint density at radius 2 is 1.76 bits per heavy atom. The minimum Gasteiger partial charge on any atom is -0.354 e. The maximum Gasteiger partial charge on any atom is 0.123 e. The second-order valence-corrected chi connectivity index (χ2v) is 7.71. The number of nitrogens with zero attached hydrogens (tertiary/aromatic N) is 1. The van der Waals surface area contributed by atoms with Crippen LogP contribution in [0.2, 0.25) is 0 Å². The van der Waals surface area contributed by atoms with Gasteiger partial charge in [-0.25, -0.2) is 0 Å². The summed E-state index contributed by atoms with van der Waals surface area (Å²) in [5.74, 6) is 1.79. The Morgan fingerprint density at radius 3 is 2.38 bits per heavy atom. The topological polar surface area (TPSA) is 12.5 Å². The average Bonchev–Trinajstić information content (AvgIpc) is 2.47. The first-order valence-corrected chi connectivity index (χ1v) is 8.58. The summed E-state index contributed by atoms with van der Waals surface area (Å²) in [6, 6.07) is 10.8. The largest absolute Gasteiger partial charge is 0.354 e. The van der Waals surface area contributed by atoms with E-state index in [1.165, 1.54) is 44.1 Å². The van der Waals surface area contributed by atoms with Crippen molar-refractivity contribution in [3.63, 3.8) is 0 Å². The molecule has 5 rings (SSSR count). The van der Waals surface area contributed by atoms with Crippen molar-refractivity contribution in [2.24, 2.45) is 11.8 Å². The van der Waals surface area contributed by atoms with E-state index in [0.29, 0.717) is 0 Å². The van der Waals surface area contributed by atoms with Gasteiger partial charge in [0.1, 0.15) is 5.72 Å². The Labute approximate surface area is 128 Å². The molecule has 1 aromatic rings. The Morgan fingerprint density at radius 1 is 1.10 bits per heavy atom. The fraction of sp³-hybridized carbons (Fsp3) is 0.684. The summed E-state index contributed by atoms with van der Waals surface area (Å²) in [7, 11) is 2.27. The molecule has 2 heteroatoms. The summed E-state index contributed by atoms with van der Waals surface area (Å²) in [5, 5.41) is 0. The smallest absolute Gasteiger partial charge is 0.123 e. The molecule has 0 N–H and O–H groups in total. The highest BCUT2D eigenvalue weighted by atomic mass is 16.5. The lowest BCUT2D eigenvalue weighted by atomic mass is 9.59. The van der Waals surface area contributed by atoms with Gasteiger partial charge in [-0.2, -0.15) is 0 Å². The van der Waals surface area contributed by atoms with Crippen molar-refractivity contribution in [1.29, 1.82) is 0 Å². The van der Waals surface area contributed by atoms with Gasteiger partial charge < -0.3 is 4.74 Å². The van der Waals surface area contributed by atoms with Crippen molar-refractivity contribution in [2.45, 2.75) is 63.3 Å². The van der Waals surface area contributed by atoms with Gasteiger partial charge in [-0.1, -0.05) is 37.3 Å². The Hall–Kier alpha value is -0.860. The molecule has 2 heterocycles. The molecule has 4 aliphatic rings. The van der Waals surface area contributed by atoms with E-state index in [1.807, 2.05) is 0 Å². The van der Waals surface area contributed by atoms with Crippen molar-refractivity contribution < 1.29 is 4.74 Å². The van der Waals surface area contributed by atoms with Crippen molar-refractivity contribution >= 4 is 0 Å². The van der Waals surface area contributed by atoms with Gasteiger partial charge in [0, 0.05) is 6.54 Å². The van der Waals surface area contributed by atoms with Crippen molar-refractivity contribution in [2.75, 3.05) is 7.05 Å². The third-order valence-electron chi connectivity index (χ3n) is 6.21. The standard InChI is InChI=1S/C19H27NO/c1-3-18-10-16-9-17(11-18)13-19(12-16,21-18)20(2)14-15-7-5-4-6-8-15/h4-8,16-17H,3,9-14H2,1-2H3/t16-,17+,18+,19-. The normalized spacial score (nSPS) is 40.9. The van der Waals surface area contributed by atoms with Crippen LogP contribution in [0.4, 0.5) is 0 Å². The van der Waals surface area contributed by atoms with E-state index < -0.39 is 0 Å². The van der Waals surface area contributed by atoms with E-state index in [1.54, 1.807) is 0 Å². The first kappa shape index (κ1) is 13.8. The summed E-state index contributed by atoms with van der Waals surface area (Å²) in [6.07, 6.45) is 7.73. The number of benzene rings is 1. The molecule has 1 aromatic carbocycles. The predicted octanol–water partition coefficient (Wildman–Crippen LogP) is 4.20. The number of ether oxygens (including phenoxy) is 1. The molecule has 2 aliphatic carbocycles. The van der Waals surface area contributed by atoms with Gasteiger partial charge in [-0.05, 0) is 63.0 Å². The molecular formula is C19H27NO. The fourth-order valence-corrected chi connectivity index (χ4v) is 5.39. The molecule has 0 amide bonds. The van der Waals surface area contributed by atoms with Crippen molar-refractivity contribution in [3.8, 4) is 0 Å². The van der Waals surface area contributed by atoms with E-state index in [2.05, 4.69) is 49.2 Å². The van der Waals surface area contributed by atoms with E-state index >= 15 is 0 Å². The molecule has 4 bridgehead atoms. The molecular weight excluding hydrogens is 258 g/mol. The zero-order chi connectivity index (χ0) is 14.5. The lowest BCUT2D eigenvalue weighted by Crippen LogP contribution is -2.66. The molecule has 0 unspecified atom stereocenters. The molecule has 2 saturated carbocycles. The van der Waals surface area contributed by atoms with Crippen LogP contribution in [0, 0.1) is 11.8 Å². The van der Waals surface area contributed by atoms with Gasteiger partial charge in [0.2, 0.25) is 0 Å². The van der Waals surface area contributed by atoms with Gasteiger partial charge in [-0.3, -0.25) is 4.90 Å². The molecule has 0 spiro atoms. The van der Waals surface area contributed by atoms with Crippen LogP contribution < -0.4 is 0 Å². The lowest BCUT2D eigenvalue weighted by Gasteiger charge is -2.64. The van der Waals surface area contributed by atoms with E-state index in [9.17, 15) is 0 Å². The molecule has 2 nitrogen and oxygen atoms in total. The quantitative estimate of drug-likeness (QED) is 0.822. The Balaban J connectivity index is 1.59. The van der Waals surface area contributed by atoms with Gasteiger partial charge in [0.15, 0.2) is 0 Å².